The maximum Gasteiger partial charge on any atom is 0.417 e. The summed E-state index contributed by atoms with van der Waals surface area (Å²) in [6, 6.07) is 2.08. The van der Waals surface area contributed by atoms with Crippen LogP contribution in [0.5, 0.6) is 0 Å². The van der Waals surface area contributed by atoms with Gasteiger partial charge in [-0.25, -0.2) is 15.1 Å². The Morgan fingerprint density at radius 3 is 2.57 bits per heavy atom. The number of amides is 1. The normalized spacial score (nSPS) is 11.5. The Kier molecular flexibility index (Phi) is 3.94. The highest BCUT2D eigenvalue weighted by Gasteiger charge is 2.30. The number of carbonyl (C=O) groups is 1. The Bertz CT molecular complexity index is 650. The Balaban J connectivity index is 2.33. The average molecular weight is 300 g/mol. The van der Waals surface area contributed by atoms with Crippen LogP contribution in [0, 0.1) is 6.92 Å². The smallest absolute Gasteiger partial charge is 0.277 e. The van der Waals surface area contributed by atoms with Crippen molar-refractivity contribution in [3.05, 3.63) is 41.3 Å². The molecule has 2 aromatic heterocycles. The molecule has 2 aromatic rings. The van der Waals surface area contributed by atoms with Gasteiger partial charge in [0.2, 0.25) is 0 Å². The number of hydrogen-bond donors (Lipinski definition) is 1. The monoisotopic (exact) mass is 300 g/mol. The van der Waals surface area contributed by atoms with E-state index in [2.05, 4.69) is 20.4 Å². The molecule has 0 aromatic carbocycles. The molecule has 0 spiro atoms. The second kappa shape index (κ2) is 5.52. The van der Waals surface area contributed by atoms with E-state index in [1.807, 2.05) is 0 Å². The molecule has 0 aliphatic rings. The van der Waals surface area contributed by atoms with Crippen LogP contribution in [0.15, 0.2) is 24.5 Å². The number of hydroxylamine groups is 1. The van der Waals surface area contributed by atoms with Crippen molar-refractivity contribution in [1.82, 2.24) is 20.2 Å². The molecule has 0 saturated heterocycles. The molecule has 2 heterocycles. The molecule has 0 bridgehead atoms. The lowest BCUT2D eigenvalue weighted by atomic mass is 10.2. The number of aromatic nitrogens is 3. The van der Waals surface area contributed by atoms with Crippen molar-refractivity contribution in [2.24, 2.45) is 0 Å². The first-order valence-corrected chi connectivity index (χ1v) is 5.76. The van der Waals surface area contributed by atoms with E-state index >= 15 is 0 Å². The fourth-order valence-electron chi connectivity index (χ4n) is 1.69. The molecule has 1 N–H and O–H groups in total. The second-order valence-corrected chi connectivity index (χ2v) is 4.09. The van der Waals surface area contributed by atoms with Crippen molar-refractivity contribution in [2.75, 3.05) is 7.11 Å². The lowest BCUT2D eigenvalue weighted by Crippen LogP contribution is -2.22. The van der Waals surface area contributed by atoms with Crippen molar-refractivity contribution >= 4 is 5.91 Å². The number of nitrogens with zero attached hydrogens (tertiary/aromatic N) is 3. The van der Waals surface area contributed by atoms with Gasteiger partial charge in [-0.1, -0.05) is 0 Å². The number of carbonyl (C=O) groups excluding carboxylic acids is 1. The zero-order chi connectivity index (χ0) is 15.6. The van der Waals surface area contributed by atoms with Gasteiger partial charge < -0.3 is 0 Å². The van der Waals surface area contributed by atoms with Crippen LogP contribution in [-0.2, 0) is 11.0 Å². The van der Waals surface area contributed by atoms with Crippen molar-refractivity contribution in [3.63, 3.8) is 0 Å². The fraction of sp³-hybridized carbons (Fsp3) is 0.250. The minimum Gasteiger partial charge on any atom is -0.277 e. The molecule has 112 valence electrons. The summed E-state index contributed by atoms with van der Waals surface area (Å²) in [7, 11) is 1.29. The minimum absolute atomic E-state index is 0.178. The molecule has 0 fully saturated rings. The summed E-state index contributed by atoms with van der Waals surface area (Å²) < 4.78 is 38.7. The predicted molar refractivity (Wildman–Crippen MR) is 65.6 cm³/mol. The van der Waals surface area contributed by atoms with Gasteiger partial charge in [0, 0.05) is 6.20 Å². The Morgan fingerprint density at radius 2 is 2.05 bits per heavy atom. The lowest BCUT2D eigenvalue weighted by Gasteiger charge is -2.08. The first-order chi connectivity index (χ1) is 9.84. The minimum atomic E-state index is -4.45. The summed E-state index contributed by atoms with van der Waals surface area (Å²) in [6.45, 7) is 1.59. The molecule has 0 radical (unpaired) electrons. The van der Waals surface area contributed by atoms with E-state index in [0.29, 0.717) is 11.9 Å². The Labute approximate surface area is 117 Å². The van der Waals surface area contributed by atoms with Crippen molar-refractivity contribution in [2.45, 2.75) is 13.1 Å². The lowest BCUT2D eigenvalue weighted by molar-refractivity contribution is -0.137. The van der Waals surface area contributed by atoms with E-state index in [4.69, 9.17) is 0 Å². The predicted octanol–water partition coefficient (Wildman–Crippen LogP) is 1.89. The average Bonchev–Trinajstić information content (AvgIpc) is 2.80. The first kappa shape index (κ1) is 15.0. The molecular weight excluding hydrogens is 289 g/mol. The van der Waals surface area contributed by atoms with E-state index in [1.165, 1.54) is 24.1 Å². The molecule has 0 unspecified atom stereocenters. The van der Waals surface area contributed by atoms with E-state index in [-0.39, 0.29) is 11.4 Å². The quantitative estimate of drug-likeness (QED) is 0.879. The van der Waals surface area contributed by atoms with Crippen LogP contribution in [0.1, 0.15) is 21.6 Å². The topological polar surface area (TPSA) is 69.0 Å². The van der Waals surface area contributed by atoms with Gasteiger partial charge in [-0.05, 0) is 19.1 Å². The van der Waals surface area contributed by atoms with Crippen molar-refractivity contribution in [1.29, 1.82) is 0 Å². The van der Waals surface area contributed by atoms with Gasteiger partial charge >= 0.3 is 6.18 Å². The van der Waals surface area contributed by atoms with Crippen LogP contribution in [0.2, 0.25) is 0 Å². The van der Waals surface area contributed by atoms with E-state index in [0.717, 1.165) is 6.07 Å². The van der Waals surface area contributed by atoms with Crippen LogP contribution in [0.3, 0.4) is 0 Å². The summed E-state index contributed by atoms with van der Waals surface area (Å²) in [5, 5.41) is 3.94. The number of hydrogen-bond acceptors (Lipinski definition) is 4. The maximum atomic E-state index is 12.5. The molecule has 0 aliphatic carbocycles. The highest BCUT2D eigenvalue weighted by Crippen LogP contribution is 2.28. The van der Waals surface area contributed by atoms with Gasteiger partial charge in [0.1, 0.15) is 0 Å². The standard InChI is InChI=1S/C12H11F3N4O2/c1-7-9(11(20)18-21-2)6-17-19(7)10-4-3-8(5-16-10)12(13,14)15/h3-6H,1-2H3,(H,18,20). The molecule has 0 aliphatic heterocycles. The van der Waals surface area contributed by atoms with Crippen molar-refractivity contribution in [3.8, 4) is 5.82 Å². The fourth-order valence-corrected chi connectivity index (χ4v) is 1.69. The summed E-state index contributed by atoms with van der Waals surface area (Å²) >= 11 is 0. The molecule has 0 saturated carbocycles. The van der Waals surface area contributed by atoms with E-state index in [9.17, 15) is 18.0 Å². The zero-order valence-corrected chi connectivity index (χ0v) is 11.1. The highest BCUT2D eigenvalue weighted by molar-refractivity contribution is 5.94. The third kappa shape index (κ3) is 3.02. The molecule has 1 amide bonds. The van der Waals surface area contributed by atoms with Gasteiger partial charge in [-0.2, -0.15) is 18.3 Å². The number of rotatable bonds is 3. The molecule has 6 nitrogen and oxygen atoms in total. The largest absolute Gasteiger partial charge is 0.417 e. The van der Waals surface area contributed by atoms with Crippen LogP contribution in [0.25, 0.3) is 5.82 Å². The number of nitrogens with one attached hydrogen (secondary N) is 1. The number of alkyl halides is 3. The zero-order valence-electron chi connectivity index (χ0n) is 11.1. The summed E-state index contributed by atoms with van der Waals surface area (Å²) in [5.41, 5.74) is 1.94. The van der Waals surface area contributed by atoms with Crippen LogP contribution in [0.4, 0.5) is 13.2 Å². The Hall–Kier alpha value is -2.42. The van der Waals surface area contributed by atoms with Gasteiger partial charge in [0.15, 0.2) is 5.82 Å². The SMILES string of the molecule is CONC(=O)c1cnn(-c2ccc(C(F)(F)F)cn2)c1C. The molecule has 9 heteroatoms. The van der Waals surface area contributed by atoms with Crippen molar-refractivity contribution < 1.29 is 22.8 Å². The molecule has 21 heavy (non-hydrogen) atoms. The Morgan fingerprint density at radius 1 is 1.33 bits per heavy atom. The third-order valence-corrected chi connectivity index (χ3v) is 2.74. The highest BCUT2D eigenvalue weighted by atomic mass is 19.4. The number of pyridine rings is 1. The molecular formula is C12H11F3N4O2. The van der Waals surface area contributed by atoms with Crippen LogP contribution in [-0.4, -0.2) is 27.8 Å². The van der Waals surface area contributed by atoms with E-state index < -0.39 is 17.6 Å². The van der Waals surface area contributed by atoms with Gasteiger partial charge in [0.05, 0.1) is 30.1 Å². The number of halogens is 3. The van der Waals surface area contributed by atoms with E-state index in [1.54, 1.807) is 6.92 Å². The van der Waals surface area contributed by atoms with Crippen LogP contribution < -0.4 is 5.48 Å². The maximum absolute atomic E-state index is 12.5. The van der Waals surface area contributed by atoms with Crippen LogP contribution >= 0.6 is 0 Å². The first-order valence-electron chi connectivity index (χ1n) is 5.76. The van der Waals surface area contributed by atoms with Gasteiger partial charge in [-0.3, -0.25) is 9.63 Å². The molecule has 0 atom stereocenters. The second-order valence-electron chi connectivity index (χ2n) is 4.09. The third-order valence-electron chi connectivity index (χ3n) is 2.74. The van der Waals surface area contributed by atoms with Gasteiger partial charge in [0.25, 0.3) is 5.91 Å². The summed E-state index contributed by atoms with van der Waals surface area (Å²) in [4.78, 5) is 19.9. The molecule has 2 rings (SSSR count). The van der Waals surface area contributed by atoms with Gasteiger partial charge in [-0.15, -0.1) is 0 Å². The summed E-state index contributed by atoms with van der Waals surface area (Å²) in [6.07, 6.45) is -2.46. The summed E-state index contributed by atoms with van der Waals surface area (Å²) in [5.74, 6) is -0.329.